The Bertz CT molecular complexity index is 664. The Morgan fingerprint density at radius 1 is 1.04 bits per heavy atom. The monoisotopic (exact) mass is 325 g/mol. The van der Waals surface area contributed by atoms with Crippen LogP contribution in [-0.4, -0.2) is 35.6 Å². The van der Waals surface area contributed by atoms with E-state index >= 15 is 0 Å². The van der Waals surface area contributed by atoms with E-state index in [4.69, 9.17) is 4.74 Å². The summed E-state index contributed by atoms with van der Waals surface area (Å²) in [5.74, 6) is 1.03. The lowest BCUT2D eigenvalue weighted by molar-refractivity contribution is -0.134. The lowest BCUT2D eigenvalue weighted by Gasteiger charge is -2.32. The Labute approximate surface area is 142 Å². The van der Waals surface area contributed by atoms with Crippen LogP contribution in [0.25, 0.3) is 0 Å². The molecule has 1 N–H and O–H groups in total. The number of benzene rings is 2. The largest absolute Gasteiger partial charge is 0.504 e. The van der Waals surface area contributed by atoms with Crippen LogP contribution in [0.2, 0.25) is 0 Å². The summed E-state index contributed by atoms with van der Waals surface area (Å²) >= 11 is 0. The van der Waals surface area contributed by atoms with Crippen LogP contribution in [0.15, 0.2) is 54.6 Å². The van der Waals surface area contributed by atoms with Crippen LogP contribution in [0.4, 0.5) is 0 Å². The van der Waals surface area contributed by atoms with Gasteiger partial charge in [-0.1, -0.05) is 42.5 Å². The Hall–Kier alpha value is -2.49. The van der Waals surface area contributed by atoms with Gasteiger partial charge in [-0.3, -0.25) is 4.79 Å². The number of phenolic OH excluding ortho intramolecular Hbond substituents is 1. The fourth-order valence-corrected chi connectivity index (χ4v) is 3.14. The van der Waals surface area contributed by atoms with Crippen LogP contribution >= 0.6 is 0 Å². The van der Waals surface area contributed by atoms with Crippen molar-refractivity contribution in [3.63, 3.8) is 0 Å². The Morgan fingerprint density at radius 3 is 2.42 bits per heavy atom. The molecule has 1 fully saturated rings. The number of piperidine rings is 1. The highest BCUT2D eigenvalue weighted by Gasteiger charge is 2.23. The number of rotatable bonds is 5. The van der Waals surface area contributed by atoms with Crippen molar-refractivity contribution in [2.75, 3.05) is 19.7 Å². The first kappa shape index (κ1) is 16.4. The van der Waals surface area contributed by atoms with E-state index in [0.29, 0.717) is 11.7 Å². The Kier molecular flexibility index (Phi) is 5.36. The van der Waals surface area contributed by atoms with Gasteiger partial charge in [-0.15, -0.1) is 0 Å². The van der Waals surface area contributed by atoms with Gasteiger partial charge < -0.3 is 14.7 Å². The third kappa shape index (κ3) is 4.28. The highest BCUT2D eigenvalue weighted by Crippen LogP contribution is 2.25. The summed E-state index contributed by atoms with van der Waals surface area (Å²) in [5, 5.41) is 9.66. The Morgan fingerprint density at radius 2 is 1.71 bits per heavy atom. The van der Waals surface area contributed by atoms with Gasteiger partial charge >= 0.3 is 0 Å². The maximum atomic E-state index is 12.3. The van der Waals surface area contributed by atoms with Crippen LogP contribution in [0.5, 0.6) is 11.5 Å². The molecule has 2 aromatic rings. The van der Waals surface area contributed by atoms with Gasteiger partial charge in [0.25, 0.3) is 5.91 Å². The highest BCUT2D eigenvalue weighted by atomic mass is 16.5. The number of nitrogens with zero attached hydrogens (tertiary/aromatic N) is 1. The summed E-state index contributed by atoms with van der Waals surface area (Å²) in [5.41, 5.74) is 1.37. The molecule has 24 heavy (non-hydrogen) atoms. The van der Waals surface area contributed by atoms with E-state index in [1.165, 1.54) is 5.56 Å². The maximum absolute atomic E-state index is 12.3. The van der Waals surface area contributed by atoms with Crippen LogP contribution in [-0.2, 0) is 11.2 Å². The van der Waals surface area contributed by atoms with Gasteiger partial charge in [0.2, 0.25) is 0 Å². The van der Waals surface area contributed by atoms with Crippen molar-refractivity contribution in [3.8, 4) is 11.5 Å². The molecule has 126 valence electrons. The number of hydrogen-bond acceptors (Lipinski definition) is 3. The van der Waals surface area contributed by atoms with E-state index in [9.17, 15) is 9.90 Å². The van der Waals surface area contributed by atoms with Crippen LogP contribution < -0.4 is 4.74 Å². The first-order valence-electron chi connectivity index (χ1n) is 8.45. The average Bonchev–Trinajstić information content (AvgIpc) is 2.62. The van der Waals surface area contributed by atoms with E-state index in [2.05, 4.69) is 24.3 Å². The summed E-state index contributed by atoms with van der Waals surface area (Å²) < 4.78 is 5.43. The lowest BCUT2D eigenvalue weighted by atomic mass is 9.90. The number of ether oxygens (including phenoxy) is 1. The summed E-state index contributed by atoms with van der Waals surface area (Å²) in [7, 11) is 0. The standard InChI is InChI=1S/C20H23NO3/c22-18-8-4-5-9-19(18)24-15-20(23)21-12-10-17(11-13-21)14-16-6-2-1-3-7-16/h1-9,17,22H,10-15H2. The lowest BCUT2D eigenvalue weighted by Crippen LogP contribution is -2.41. The van der Waals surface area contributed by atoms with Crippen molar-refractivity contribution >= 4 is 5.91 Å². The Balaban J connectivity index is 1.44. The van der Waals surface area contributed by atoms with Crippen molar-refractivity contribution in [2.45, 2.75) is 19.3 Å². The molecular weight excluding hydrogens is 302 g/mol. The average molecular weight is 325 g/mol. The number of carbonyl (C=O) groups is 1. The molecule has 1 aliphatic heterocycles. The zero-order valence-corrected chi connectivity index (χ0v) is 13.7. The molecule has 0 aromatic heterocycles. The van der Waals surface area contributed by atoms with Gasteiger partial charge in [0.05, 0.1) is 0 Å². The second-order valence-electron chi connectivity index (χ2n) is 6.27. The van der Waals surface area contributed by atoms with Crippen molar-refractivity contribution in [1.29, 1.82) is 0 Å². The number of aromatic hydroxyl groups is 1. The molecule has 3 rings (SSSR count). The molecule has 0 atom stereocenters. The molecule has 0 radical (unpaired) electrons. The van der Waals surface area contributed by atoms with E-state index < -0.39 is 0 Å². The summed E-state index contributed by atoms with van der Waals surface area (Å²) in [6, 6.07) is 17.2. The molecule has 0 saturated carbocycles. The minimum absolute atomic E-state index is 0.0172. The second kappa shape index (κ2) is 7.86. The molecule has 0 spiro atoms. The van der Waals surface area contributed by atoms with Gasteiger partial charge in [0.15, 0.2) is 18.1 Å². The van der Waals surface area contributed by atoms with E-state index in [1.807, 2.05) is 11.0 Å². The first-order valence-corrected chi connectivity index (χ1v) is 8.45. The molecule has 4 nitrogen and oxygen atoms in total. The molecule has 0 bridgehead atoms. The first-order chi connectivity index (χ1) is 11.7. The fraction of sp³-hybridized carbons (Fsp3) is 0.350. The second-order valence-corrected chi connectivity index (χ2v) is 6.27. The number of para-hydroxylation sites is 2. The van der Waals surface area contributed by atoms with Gasteiger partial charge in [-0.25, -0.2) is 0 Å². The van der Waals surface area contributed by atoms with Gasteiger partial charge in [-0.2, -0.15) is 0 Å². The summed E-state index contributed by atoms with van der Waals surface area (Å²) in [6.45, 7) is 1.53. The molecule has 2 aromatic carbocycles. The van der Waals surface area contributed by atoms with Crippen molar-refractivity contribution in [1.82, 2.24) is 4.90 Å². The molecule has 1 heterocycles. The number of phenols is 1. The number of carbonyl (C=O) groups excluding carboxylic acids is 1. The predicted molar refractivity (Wildman–Crippen MR) is 93.1 cm³/mol. The molecule has 0 aliphatic carbocycles. The minimum atomic E-state index is -0.0269. The highest BCUT2D eigenvalue weighted by molar-refractivity contribution is 5.78. The third-order valence-electron chi connectivity index (χ3n) is 4.55. The smallest absolute Gasteiger partial charge is 0.260 e. The molecule has 0 unspecified atom stereocenters. The summed E-state index contributed by atoms with van der Waals surface area (Å²) in [4.78, 5) is 14.1. The van der Waals surface area contributed by atoms with Crippen molar-refractivity contribution in [3.05, 3.63) is 60.2 Å². The number of hydrogen-bond donors (Lipinski definition) is 1. The molecule has 1 saturated heterocycles. The van der Waals surface area contributed by atoms with Crippen molar-refractivity contribution in [2.24, 2.45) is 5.92 Å². The topological polar surface area (TPSA) is 49.8 Å². The zero-order valence-electron chi connectivity index (χ0n) is 13.7. The van der Waals surface area contributed by atoms with Gasteiger partial charge in [0, 0.05) is 13.1 Å². The number of amides is 1. The number of likely N-dealkylation sites (tertiary alicyclic amines) is 1. The van der Waals surface area contributed by atoms with Crippen LogP contribution in [0, 0.1) is 5.92 Å². The van der Waals surface area contributed by atoms with E-state index in [0.717, 1.165) is 32.4 Å². The SMILES string of the molecule is O=C(COc1ccccc1O)N1CCC(Cc2ccccc2)CC1. The summed E-state index contributed by atoms with van der Waals surface area (Å²) in [6.07, 6.45) is 3.13. The maximum Gasteiger partial charge on any atom is 0.260 e. The van der Waals surface area contributed by atoms with Crippen LogP contribution in [0.3, 0.4) is 0 Å². The van der Waals surface area contributed by atoms with Gasteiger partial charge in [-0.05, 0) is 42.9 Å². The molecule has 4 heteroatoms. The molecule has 1 aliphatic rings. The van der Waals surface area contributed by atoms with Gasteiger partial charge in [0.1, 0.15) is 0 Å². The minimum Gasteiger partial charge on any atom is -0.504 e. The normalized spacial score (nSPS) is 15.2. The van der Waals surface area contributed by atoms with Crippen LogP contribution in [0.1, 0.15) is 18.4 Å². The third-order valence-corrected chi connectivity index (χ3v) is 4.55. The predicted octanol–water partition coefficient (Wildman–Crippen LogP) is 3.25. The van der Waals surface area contributed by atoms with E-state index in [1.54, 1.807) is 24.3 Å². The quantitative estimate of drug-likeness (QED) is 0.918. The molecule has 1 amide bonds. The van der Waals surface area contributed by atoms with E-state index in [-0.39, 0.29) is 18.3 Å². The molecular formula is C20H23NO3. The fourth-order valence-electron chi connectivity index (χ4n) is 3.14. The van der Waals surface area contributed by atoms with Crippen molar-refractivity contribution < 1.29 is 14.6 Å². The zero-order chi connectivity index (χ0) is 16.8.